The van der Waals surface area contributed by atoms with Crippen molar-refractivity contribution < 1.29 is 4.79 Å². The lowest BCUT2D eigenvalue weighted by molar-refractivity contribution is 0.0935. The lowest BCUT2D eigenvalue weighted by Crippen LogP contribution is -2.34. The molecule has 1 aliphatic carbocycles. The van der Waals surface area contributed by atoms with Crippen LogP contribution in [0.25, 0.3) is 21.9 Å². The Balaban J connectivity index is 1.74. The first-order valence-corrected chi connectivity index (χ1v) is 9.55. The normalized spacial score (nSPS) is 15.1. The van der Waals surface area contributed by atoms with E-state index in [-0.39, 0.29) is 11.4 Å². The third-order valence-corrected chi connectivity index (χ3v) is 5.46. The van der Waals surface area contributed by atoms with Crippen LogP contribution in [0, 0.1) is 6.92 Å². The summed E-state index contributed by atoms with van der Waals surface area (Å²) < 4.78 is 0. The van der Waals surface area contributed by atoms with Crippen LogP contribution in [0.3, 0.4) is 0 Å². The van der Waals surface area contributed by atoms with Gasteiger partial charge in [0.15, 0.2) is 0 Å². The van der Waals surface area contributed by atoms with Gasteiger partial charge in [0.25, 0.3) is 5.91 Å². The fourth-order valence-electron chi connectivity index (χ4n) is 3.44. The number of aryl methyl sites for hydroxylation is 1. The summed E-state index contributed by atoms with van der Waals surface area (Å²) in [5.41, 5.74) is 5.02. The molecule has 4 nitrogen and oxygen atoms in total. The Kier molecular flexibility index (Phi) is 4.22. The molecule has 1 saturated carbocycles. The van der Waals surface area contributed by atoms with Gasteiger partial charge in [-0.25, -0.2) is 0 Å². The van der Waals surface area contributed by atoms with Crippen molar-refractivity contribution in [2.75, 3.05) is 0 Å². The van der Waals surface area contributed by atoms with Gasteiger partial charge in [0.2, 0.25) is 0 Å². The third kappa shape index (κ3) is 3.44. The summed E-state index contributed by atoms with van der Waals surface area (Å²) in [5.74, 6) is 0.328. The van der Waals surface area contributed by atoms with Crippen molar-refractivity contribution in [3.8, 4) is 11.1 Å². The molecule has 1 aromatic heterocycles. The van der Waals surface area contributed by atoms with Crippen LogP contribution in [0.15, 0.2) is 42.6 Å². The molecular formula is C23H25N3O. The standard InChI is InChI=1S/C23H25N3O/c1-14(2)21-19-8-7-16(11-18(19)13-24-26-21)20-12-17(6-5-15(20)3)22(27)25-23(4)9-10-23/h5-8,11-14H,9-10H2,1-4H3,(H,25,27). The number of carbonyl (C=O) groups excluding carboxylic acids is 1. The Labute approximate surface area is 160 Å². The Morgan fingerprint density at radius 2 is 1.93 bits per heavy atom. The van der Waals surface area contributed by atoms with Crippen LogP contribution < -0.4 is 5.32 Å². The van der Waals surface area contributed by atoms with Gasteiger partial charge in [-0.2, -0.15) is 10.2 Å². The molecule has 138 valence electrons. The van der Waals surface area contributed by atoms with Gasteiger partial charge in [-0.3, -0.25) is 4.79 Å². The summed E-state index contributed by atoms with van der Waals surface area (Å²) in [6.45, 7) is 8.43. The molecule has 0 bridgehead atoms. The summed E-state index contributed by atoms with van der Waals surface area (Å²) >= 11 is 0. The number of benzene rings is 2. The van der Waals surface area contributed by atoms with Gasteiger partial charge in [-0.15, -0.1) is 0 Å². The quantitative estimate of drug-likeness (QED) is 0.712. The first-order chi connectivity index (χ1) is 12.9. The monoisotopic (exact) mass is 359 g/mol. The molecule has 4 rings (SSSR count). The molecular weight excluding hydrogens is 334 g/mol. The molecule has 2 aromatic carbocycles. The highest BCUT2D eigenvalue weighted by atomic mass is 16.1. The van der Waals surface area contributed by atoms with Gasteiger partial charge in [-0.05, 0) is 67.5 Å². The largest absolute Gasteiger partial charge is 0.347 e. The number of aromatic nitrogens is 2. The number of rotatable bonds is 4. The molecule has 3 aromatic rings. The number of hydrogen-bond acceptors (Lipinski definition) is 3. The average molecular weight is 359 g/mol. The number of amides is 1. The van der Waals surface area contributed by atoms with Gasteiger partial charge in [0.1, 0.15) is 0 Å². The molecule has 0 unspecified atom stereocenters. The van der Waals surface area contributed by atoms with Crippen molar-refractivity contribution in [3.63, 3.8) is 0 Å². The van der Waals surface area contributed by atoms with Crippen LogP contribution in [0.4, 0.5) is 0 Å². The Bertz CT molecular complexity index is 1030. The SMILES string of the molecule is Cc1ccc(C(=O)NC2(C)CC2)cc1-c1ccc2c(C(C)C)nncc2c1. The highest BCUT2D eigenvalue weighted by Gasteiger charge is 2.38. The minimum absolute atomic E-state index is 0.00463. The minimum atomic E-state index is -0.0169. The number of hydrogen-bond donors (Lipinski definition) is 1. The van der Waals surface area contributed by atoms with E-state index in [9.17, 15) is 4.79 Å². The van der Waals surface area contributed by atoms with E-state index in [1.807, 2.05) is 24.4 Å². The molecule has 0 spiro atoms. The third-order valence-electron chi connectivity index (χ3n) is 5.46. The maximum absolute atomic E-state index is 12.6. The fraction of sp³-hybridized carbons (Fsp3) is 0.348. The van der Waals surface area contributed by atoms with Crippen LogP contribution in [-0.2, 0) is 0 Å². The number of carbonyl (C=O) groups is 1. The summed E-state index contributed by atoms with van der Waals surface area (Å²) in [5, 5.41) is 13.8. The average Bonchev–Trinajstić information content (AvgIpc) is 3.37. The maximum Gasteiger partial charge on any atom is 0.251 e. The zero-order valence-corrected chi connectivity index (χ0v) is 16.3. The smallest absolute Gasteiger partial charge is 0.251 e. The van der Waals surface area contributed by atoms with Crippen molar-refractivity contribution >= 4 is 16.7 Å². The van der Waals surface area contributed by atoms with E-state index in [1.54, 1.807) is 0 Å². The molecule has 27 heavy (non-hydrogen) atoms. The van der Waals surface area contributed by atoms with Crippen LogP contribution in [-0.4, -0.2) is 21.6 Å². The molecule has 1 amide bonds. The molecule has 1 N–H and O–H groups in total. The molecule has 0 atom stereocenters. The highest BCUT2D eigenvalue weighted by Crippen LogP contribution is 2.35. The van der Waals surface area contributed by atoms with Gasteiger partial charge >= 0.3 is 0 Å². The Hall–Kier alpha value is -2.75. The van der Waals surface area contributed by atoms with Crippen molar-refractivity contribution in [1.82, 2.24) is 15.5 Å². The molecule has 0 radical (unpaired) electrons. The predicted octanol–water partition coefficient (Wildman–Crippen LogP) is 5.01. The first-order valence-electron chi connectivity index (χ1n) is 9.55. The van der Waals surface area contributed by atoms with E-state index in [1.165, 1.54) is 0 Å². The maximum atomic E-state index is 12.6. The zero-order chi connectivity index (χ0) is 19.2. The van der Waals surface area contributed by atoms with Gasteiger partial charge < -0.3 is 5.32 Å². The van der Waals surface area contributed by atoms with Crippen molar-refractivity contribution in [2.45, 2.75) is 52.0 Å². The van der Waals surface area contributed by atoms with E-state index in [0.29, 0.717) is 11.5 Å². The highest BCUT2D eigenvalue weighted by molar-refractivity contribution is 5.97. The van der Waals surface area contributed by atoms with E-state index >= 15 is 0 Å². The molecule has 4 heteroatoms. The second kappa shape index (κ2) is 6.45. The molecule has 0 saturated heterocycles. The first kappa shape index (κ1) is 17.7. The lowest BCUT2D eigenvalue weighted by Gasteiger charge is -2.14. The second-order valence-electron chi connectivity index (χ2n) is 8.23. The van der Waals surface area contributed by atoms with Crippen molar-refractivity contribution in [3.05, 3.63) is 59.4 Å². The topological polar surface area (TPSA) is 54.9 Å². The molecule has 0 aliphatic heterocycles. The van der Waals surface area contributed by atoms with Gasteiger partial charge in [-0.1, -0.05) is 32.0 Å². The number of nitrogens with one attached hydrogen (secondary N) is 1. The molecule has 1 fully saturated rings. The Morgan fingerprint density at radius 1 is 1.15 bits per heavy atom. The van der Waals surface area contributed by atoms with E-state index in [0.717, 1.165) is 46.0 Å². The van der Waals surface area contributed by atoms with Crippen molar-refractivity contribution in [1.29, 1.82) is 0 Å². The van der Waals surface area contributed by atoms with Gasteiger partial charge in [0, 0.05) is 21.9 Å². The summed E-state index contributed by atoms with van der Waals surface area (Å²) in [6.07, 6.45) is 3.92. The zero-order valence-electron chi connectivity index (χ0n) is 16.3. The van der Waals surface area contributed by atoms with E-state index < -0.39 is 0 Å². The summed E-state index contributed by atoms with van der Waals surface area (Å²) in [4.78, 5) is 12.6. The minimum Gasteiger partial charge on any atom is -0.347 e. The summed E-state index contributed by atoms with van der Waals surface area (Å²) in [7, 11) is 0. The second-order valence-corrected chi connectivity index (χ2v) is 8.23. The number of fused-ring (bicyclic) bond motifs is 1. The van der Waals surface area contributed by atoms with Crippen LogP contribution in [0.5, 0.6) is 0 Å². The van der Waals surface area contributed by atoms with Crippen molar-refractivity contribution in [2.24, 2.45) is 0 Å². The van der Waals surface area contributed by atoms with Crippen LogP contribution in [0.1, 0.15) is 61.1 Å². The Morgan fingerprint density at radius 3 is 2.63 bits per heavy atom. The molecule has 1 heterocycles. The predicted molar refractivity (Wildman–Crippen MR) is 109 cm³/mol. The summed E-state index contributed by atoms with van der Waals surface area (Å²) in [6, 6.07) is 12.3. The fourth-order valence-corrected chi connectivity index (χ4v) is 3.44. The molecule has 1 aliphatic rings. The van der Waals surface area contributed by atoms with E-state index in [4.69, 9.17) is 0 Å². The lowest BCUT2D eigenvalue weighted by atomic mass is 9.95. The van der Waals surface area contributed by atoms with Gasteiger partial charge in [0.05, 0.1) is 11.9 Å². The number of nitrogens with zero attached hydrogens (tertiary/aromatic N) is 2. The van der Waals surface area contributed by atoms with Crippen LogP contribution >= 0.6 is 0 Å². The van der Waals surface area contributed by atoms with E-state index in [2.05, 4.69) is 61.4 Å². The van der Waals surface area contributed by atoms with Crippen LogP contribution in [0.2, 0.25) is 0 Å².